The van der Waals surface area contributed by atoms with Crippen molar-refractivity contribution >= 4 is 5.78 Å². The monoisotopic (exact) mass is 347 g/mol. The predicted octanol–water partition coefficient (Wildman–Crippen LogP) is 2.49. The lowest BCUT2D eigenvalue weighted by atomic mass is 9.90. The first kappa shape index (κ1) is 17.7. The Hall–Kier alpha value is -2.12. The van der Waals surface area contributed by atoms with E-state index in [0.717, 1.165) is 19.4 Å². The van der Waals surface area contributed by atoms with Crippen LogP contribution in [0.5, 0.6) is 0 Å². The molecule has 1 aliphatic heterocycles. The molecule has 3 rings (SSSR count). The molecule has 0 radical (unpaired) electrons. The molecule has 6 nitrogen and oxygen atoms in total. The largest absolute Gasteiger partial charge is 0.384 e. The molecule has 0 bridgehead atoms. The summed E-state index contributed by atoms with van der Waals surface area (Å²) in [6, 6.07) is 5.76. The quantitative estimate of drug-likeness (QED) is 0.717. The Morgan fingerprint density at radius 2 is 2.20 bits per heavy atom. The molecule has 1 unspecified atom stereocenters. The fraction of sp³-hybridized carbons (Fsp3) is 0.500. The average Bonchev–Trinajstić information content (AvgIpc) is 3.07. The van der Waals surface area contributed by atoms with Crippen molar-refractivity contribution in [2.45, 2.75) is 25.8 Å². The number of hydrogen-bond donors (Lipinski definition) is 0. The van der Waals surface area contributed by atoms with Crippen LogP contribution in [0.3, 0.4) is 0 Å². The van der Waals surface area contributed by atoms with Gasteiger partial charge in [0.05, 0.1) is 13.2 Å². The summed E-state index contributed by atoms with van der Waals surface area (Å²) in [6.45, 7) is 2.62. The molecule has 2 aromatic rings. The van der Waals surface area contributed by atoms with Gasteiger partial charge >= 0.3 is 0 Å². The summed E-state index contributed by atoms with van der Waals surface area (Å²) in [5.41, 5.74) is 0.563. The number of benzene rings is 1. The molecule has 1 fully saturated rings. The molecule has 7 heteroatoms. The Balaban J connectivity index is 1.58. The molecule has 0 amide bonds. The second kappa shape index (κ2) is 8.31. The number of halogens is 1. The highest BCUT2D eigenvalue weighted by Crippen LogP contribution is 2.22. The topological polar surface area (TPSA) is 68.5 Å². The minimum absolute atomic E-state index is 0.0658. The first-order valence-electron chi connectivity index (χ1n) is 8.48. The first-order chi connectivity index (χ1) is 12.2. The molecule has 2 heterocycles. The van der Waals surface area contributed by atoms with Gasteiger partial charge in [0, 0.05) is 31.6 Å². The number of hydrogen-bond acceptors (Lipinski definition) is 6. The summed E-state index contributed by atoms with van der Waals surface area (Å²) in [5.74, 6) is 0.836. The zero-order valence-electron chi connectivity index (χ0n) is 14.3. The summed E-state index contributed by atoms with van der Waals surface area (Å²) < 4.78 is 23.3. The molecule has 1 aromatic heterocycles. The van der Waals surface area contributed by atoms with Crippen molar-refractivity contribution in [3.63, 3.8) is 0 Å². The van der Waals surface area contributed by atoms with Gasteiger partial charge in [-0.05, 0) is 43.7 Å². The molecule has 1 atom stereocenters. The molecular formula is C18H22FN3O3. The number of likely N-dealkylation sites (tertiary alicyclic amines) is 1. The maximum atomic E-state index is 13.0. The van der Waals surface area contributed by atoms with Crippen LogP contribution < -0.4 is 0 Å². The third-order valence-electron chi connectivity index (χ3n) is 4.40. The summed E-state index contributed by atoms with van der Waals surface area (Å²) in [4.78, 5) is 19.1. The summed E-state index contributed by atoms with van der Waals surface area (Å²) in [7, 11) is 1.63. The van der Waals surface area contributed by atoms with Crippen LogP contribution in [0.4, 0.5) is 4.39 Å². The molecule has 1 aromatic carbocycles. The zero-order valence-corrected chi connectivity index (χ0v) is 14.3. The lowest BCUT2D eigenvalue weighted by Crippen LogP contribution is -2.38. The number of nitrogens with zero attached hydrogens (tertiary/aromatic N) is 3. The van der Waals surface area contributed by atoms with Crippen LogP contribution in [0.1, 0.15) is 34.9 Å². The molecule has 134 valence electrons. The van der Waals surface area contributed by atoms with Gasteiger partial charge in [0.2, 0.25) is 5.89 Å². The molecule has 1 aliphatic rings. The second-order valence-electron chi connectivity index (χ2n) is 6.29. The van der Waals surface area contributed by atoms with Crippen LogP contribution >= 0.6 is 0 Å². The van der Waals surface area contributed by atoms with Crippen molar-refractivity contribution in [1.82, 2.24) is 15.0 Å². The van der Waals surface area contributed by atoms with Crippen LogP contribution in [-0.4, -0.2) is 47.6 Å². The van der Waals surface area contributed by atoms with Gasteiger partial charge in [0.1, 0.15) is 5.82 Å². The second-order valence-corrected chi connectivity index (χ2v) is 6.29. The van der Waals surface area contributed by atoms with Gasteiger partial charge < -0.3 is 9.26 Å². The minimum atomic E-state index is -0.331. The molecule has 0 spiro atoms. The standard InChI is InChI=1S/C18H22FN3O3/c1-24-10-8-16-20-17(25-21-16)12-22-9-2-3-14(11-22)18(23)13-4-6-15(19)7-5-13/h4-7,14H,2-3,8-12H2,1H3. The minimum Gasteiger partial charge on any atom is -0.384 e. The average molecular weight is 347 g/mol. The van der Waals surface area contributed by atoms with Crippen molar-refractivity contribution in [1.29, 1.82) is 0 Å². The van der Waals surface area contributed by atoms with E-state index in [0.29, 0.717) is 43.4 Å². The highest BCUT2D eigenvalue weighted by Gasteiger charge is 2.27. The number of methoxy groups -OCH3 is 1. The van der Waals surface area contributed by atoms with Crippen LogP contribution in [-0.2, 0) is 17.7 Å². The van der Waals surface area contributed by atoms with Gasteiger partial charge in [0.25, 0.3) is 0 Å². The molecular weight excluding hydrogens is 325 g/mol. The SMILES string of the molecule is COCCc1noc(CN2CCCC(C(=O)c3ccc(F)cc3)C2)n1. The van der Waals surface area contributed by atoms with Crippen molar-refractivity contribution in [3.8, 4) is 0 Å². The van der Waals surface area contributed by atoms with E-state index in [1.165, 1.54) is 12.1 Å². The number of piperidine rings is 1. The predicted molar refractivity (Wildman–Crippen MR) is 88.6 cm³/mol. The Morgan fingerprint density at radius 1 is 1.40 bits per heavy atom. The first-order valence-corrected chi connectivity index (χ1v) is 8.48. The van der Waals surface area contributed by atoms with Gasteiger partial charge in [-0.25, -0.2) is 4.39 Å². The number of ketones is 1. The molecule has 0 aliphatic carbocycles. The number of carbonyl (C=O) groups is 1. The lowest BCUT2D eigenvalue weighted by Gasteiger charge is -2.30. The Kier molecular flexibility index (Phi) is 5.88. The third kappa shape index (κ3) is 4.70. The van der Waals surface area contributed by atoms with E-state index in [1.807, 2.05) is 0 Å². The number of Topliss-reactive ketones (excluding diaryl/α,β-unsaturated/α-hetero) is 1. The van der Waals surface area contributed by atoms with Crippen molar-refractivity contribution in [2.24, 2.45) is 5.92 Å². The molecule has 0 N–H and O–H groups in total. The Bertz CT molecular complexity index is 702. The number of aromatic nitrogens is 2. The van der Waals surface area contributed by atoms with Gasteiger partial charge in [-0.1, -0.05) is 5.16 Å². The van der Waals surface area contributed by atoms with E-state index >= 15 is 0 Å². The smallest absolute Gasteiger partial charge is 0.240 e. The summed E-state index contributed by atoms with van der Waals surface area (Å²) in [6.07, 6.45) is 2.39. The number of ether oxygens (including phenoxy) is 1. The fourth-order valence-corrected chi connectivity index (χ4v) is 3.10. The highest BCUT2D eigenvalue weighted by molar-refractivity contribution is 5.98. The highest BCUT2D eigenvalue weighted by atomic mass is 19.1. The van der Waals surface area contributed by atoms with Crippen LogP contribution in [0.2, 0.25) is 0 Å². The Morgan fingerprint density at radius 3 is 2.96 bits per heavy atom. The molecule has 25 heavy (non-hydrogen) atoms. The van der Waals surface area contributed by atoms with E-state index in [9.17, 15) is 9.18 Å². The summed E-state index contributed by atoms with van der Waals surface area (Å²) in [5, 5.41) is 3.93. The normalized spacial score (nSPS) is 18.4. The molecule has 1 saturated heterocycles. The maximum Gasteiger partial charge on any atom is 0.240 e. The van der Waals surface area contributed by atoms with Gasteiger partial charge in [-0.15, -0.1) is 0 Å². The van der Waals surface area contributed by atoms with Crippen LogP contribution in [0.25, 0.3) is 0 Å². The van der Waals surface area contributed by atoms with Crippen molar-refractivity contribution in [2.75, 3.05) is 26.8 Å². The lowest BCUT2D eigenvalue weighted by molar-refractivity contribution is 0.0797. The van der Waals surface area contributed by atoms with E-state index in [4.69, 9.17) is 9.26 Å². The van der Waals surface area contributed by atoms with Gasteiger partial charge in [-0.2, -0.15) is 4.98 Å². The van der Waals surface area contributed by atoms with E-state index in [-0.39, 0.29) is 17.5 Å². The van der Waals surface area contributed by atoms with Gasteiger partial charge in [-0.3, -0.25) is 9.69 Å². The summed E-state index contributed by atoms with van der Waals surface area (Å²) >= 11 is 0. The maximum absolute atomic E-state index is 13.0. The van der Waals surface area contributed by atoms with E-state index in [2.05, 4.69) is 15.0 Å². The van der Waals surface area contributed by atoms with Crippen LogP contribution in [0, 0.1) is 11.7 Å². The Labute approximate surface area is 146 Å². The molecule has 0 saturated carbocycles. The third-order valence-corrected chi connectivity index (χ3v) is 4.40. The van der Waals surface area contributed by atoms with Gasteiger partial charge in [0.15, 0.2) is 11.6 Å². The van der Waals surface area contributed by atoms with Crippen molar-refractivity contribution < 1.29 is 18.4 Å². The van der Waals surface area contributed by atoms with Crippen LogP contribution in [0.15, 0.2) is 28.8 Å². The zero-order chi connectivity index (χ0) is 17.6. The van der Waals surface area contributed by atoms with E-state index < -0.39 is 0 Å². The van der Waals surface area contributed by atoms with Crippen molar-refractivity contribution in [3.05, 3.63) is 47.4 Å². The fourth-order valence-electron chi connectivity index (χ4n) is 3.10. The van der Waals surface area contributed by atoms with E-state index in [1.54, 1.807) is 19.2 Å². The number of rotatable bonds is 7. The number of carbonyl (C=O) groups excluding carboxylic acids is 1.